The fourth-order valence-corrected chi connectivity index (χ4v) is 3.06. The van der Waals surface area contributed by atoms with Crippen LogP contribution in [0, 0.1) is 6.92 Å². The quantitative estimate of drug-likeness (QED) is 0.621. The number of hydrogen-bond acceptors (Lipinski definition) is 4. The first-order chi connectivity index (χ1) is 12.1. The summed E-state index contributed by atoms with van der Waals surface area (Å²) in [5.41, 5.74) is 1.89. The highest BCUT2D eigenvalue weighted by Crippen LogP contribution is 2.16. The number of urea groups is 1. The maximum Gasteiger partial charge on any atom is 0.314 e. The second kappa shape index (κ2) is 10.4. The minimum atomic E-state index is -0.677. The van der Waals surface area contributed by atoms with E-state index in [4.69, 9.17) is 0 Å². The molecule has 0 bridgehead atoms. The first-order valence-corrected chi connectivity index (χ1v) is 9.22. The first kappa shape index (κ1) is 19.7. The molecule has 1 unspecified atom stereocenters. The Bertz CT molecular complexity index is 530. The summed E-state index contributed by atoms with van der Waals surface area (Å²) < 4.78 is 0. The fourth-order valence-electron chi connectivity index (χ4n) is 3.06. The van der Waals surface area contributed by atoms with Crippen LogP contribution in [0.25, 0.3) is 0 Å². The predicted octanol–water partition coefficient (Wildman–Crippen LogP) is 1.36. The van der Waals surface area contributed by atoms with Crippen LogP contribution in [-0.2, 0) is 0 Å². The monoisotopic (exact) mass is 348 g/mol. The highest BCUT2D eigenvalue weighted by Gasteiger charge is 2.13. The number of aliphatic hydroxyl groups is 1. The molecule has 25 heavy (non-hydrogen) atoms. The number of hydrogen-bond donors (Lipinski definition) is 3. The molecule has 0 spiro atoms. The Labute approximate surface area is 151 Å². The Hall–Kier alpha value is -1.63. The molecule has 1 aliphatic rings. The summed E-state index contributed by atoms with van der Waals surface area (Å²) in [5, 5.41) is 15.8. The van der Waals surface area contributed by atoms with E-state index in [1.165, 1.54) is 0 Å². The van der Waals surface area contributed by atoms with Gasteiger partial charge in [-0.25, -0.2) is 4.79 Å². The zero-order chi connectivity index (χ0) is 18.1. The van der Waals surface area contributed by atoms with Gasteiger partial charge in [-0.05, 0) is 44.5 Å². The maximum atomic E-state index is 11.8. The lowest BCUT2D eigenvalue weighted by molar-refractivity contribution is 0.152. The summed E-state index contributed by atoms with van der Waals surface area (Å²) in [6.07, 6.45) is 1.39. The molecule has 0 aliphatic carbocycles. The summed E-state index contributed by atoms with van der Waals surface area (Å²) in [4.78, 5) is 16.7. The molecule has 1 aliphatic heterocycles. The molecule has 1 aromatic carbocycles. The predicted molar refractivity (Wildman–Crippen MR) is 101 cm³/mol. The molecule has 1 aromatic rings. The Balaban J connectivity index is 1.53. The van der Waals surface area contributed by atoms with Crippen molar-refractivity contribution in [3.05, 3.63) is 35.4 Å². The van der Waals surface area contributed by atoms with Gasteiger partial charge >= 0.3 is 6.03 Å². The van der Waals surface area contributed by atoms with Gasteiger partial charge in [0.15, 0.2) is 0 Å². The van der Waals surface area contributed by atoms with Gasteiger partial charge in [0.2, 0.25) is 0 Å². The summed E-state index contributed by atoms with van der Waals surface area (Å²) in [5.74, 6) is 0. The van der Waals surface area contributed by atoms with Gasteiger partial charge in [-0.15, -0.1) is 0 Å². The van der Waals surface area contributed by atoms with Crippen LogP contribution in [0.2, 0.25) is 0 Å². The number of carbonyl (C=O) groups excluding carboxylic acids is 1. The van der Waals surface area contributed by atoms with Crippen molar-refractivity contribution < 1.29 is 9.90 Å². The third-order valence-corrected chi connectivity index (χ3v) is 4.79. The molecule has 0 radical (unpaired) electrons. The van der Waals surface area contributed by atoms with Crippen LogP contribution in [-0.4, -0.2) is 73.8 Å². The van der Waals surface area contributed by atoms with E-state index in [1.807, 2.05) is 31.2 Å². The van der Waals surface area contributed by atoms with Crippen LogP contribution >= 0.6 is 0 Å². The Morgan fingerprint density at radius 1 is 1.16 bits per heavy atom. The number of unbranched alkanes of at least 4 members (excludes halogenated alkanes) is 1. The highest BCUT2D eigenvalue weighted by molar-refractivity contribution is 5.73. The van der Waals surface area contributed by atoms with E-state index < -0.39 is 6.10 Å². The first-order valence-electron chi connectivity index (χ1n) is 9.22. The number of carbonyl (C=O) groups is 1. The van der Waals surface area contributed by atoms with Gasteiger partial charge in [0, 0.05) is 39.3 Å². The van der Waals surface area contributed by atoms with Gasteiger partial charge in [-0.1, -0.05) is 24.3 Å². The molecule has 1 fully saturated rings. The van der Waals surface area contributed by atoms with Crippen molar-refractivity contribution in [1.82, 2.24) is 20.4 Å². The third kappa shape index (κ3) is 7.02. The van der Waals surface area contributed by atoms with Crippen molar-refractivity contribution in [3.63, 3.8) is 0 Å². The number of rotatable bonds is 8. The molecule has 6 nitrogen and oxygen atoms in total. The van der Waals surface area contributed by atoms with E-state index in [-0.39, 0.29) is 12.6 Å². The second-order valence-corrected chi connectivity index (χ2v) is 6.86. The minimum Gasteiger partial charge on any atom is -0.387 e. The van der Waals surface area contributed by atoms with Crippen molar-refractivity contribution in [2.75, 3.05) is 52.9 Å². The smallest absolute Gasteiger partial charge is 0.314 e. The SMILES string of the molecule is Cc1ccccc1C(O)CNC(=O)NCCCCN1CCN(C)CC1. The number of aryl methyl sites for hydroxylation is 1. The average Bonchev–Trinajstić information content (AvgIpc) is 2.61. The Morgan fingerprint density at radius 3 is 2.60 bits per heavy atom. The number of benzene rings is 1. The van der Waals surface area contributed by atoms with Crippen molar-refractivity contribution in [2.24, 2.45) is 0 Å². The Kier molecular flexibility index (Phi) is 8.18. The number of amides is 2. The molecular weight excluding hydrogens is 316 g/mol. The van der Waals surface area contributed by atoms with Gasteiger partial charge in [0.25, 0.3) is 0 Å². The van der Waals surface area contributed by atoms with Crippen LogP contribution in [0.3, 0.4) is 0 Å². The zero-order valence-corrected chi connectivity index (χ0v) is 15.5. The van der Waals surface area contributed by atoms with Gasteiger partial charge < -0.3 is 25.5 Å². The molecule has 3 N–H and O–H groups in total. The molecule has 0 saturated carbocycles. The van der Waals surface area contributed by atoms with Gasteiger partial charge in [-0.3, -0.25) is 0 Å². The van der Waals surface area contributed by atoms with Crippen LogP contribution in [0.1, 0.15) is 30.1 Å². The molecule has 0 aromatic heterocycles. The van der Waals surface area contributed by atoms with E-state index in [1.54, 1.807) is 0 Å². The zero-order valence-electron chi connectivity index (χ0n) is 15.5. The molecule has 1 saturated heterocycles. The molecular formula is C19H32N4O2. The second-order valence-electron chi connectivity index (χ2n) is 6.86. The van der Waals surface area contributed by atoms with Gasteiger partial charge in [-0.2, -0.15) is 0 Å². The molecule has 2 rings (SSSR count). The molecule has 1 atom stereocenters. The van der Waals surface area contributed by atoms with E-state index in [9.17, 15) is 9.90 Å². The van der Waals surface area contributed by atoms with E-state index in [0.29, 0.717) is 6.54 Å². The van der Waals surface area contributed by atoms with Crippen molar-refractivity contribution in [3.8, 4) is 0 Å². The van der Waals surface area contributed by atoms with Crippen LogP contribution < -0.4 is 10.6 Å². The Morgan fingerprint density at radius 2 is 1.88 bits per heavy atom. The van der Waals surface area contributed by atoms with Gasteiger partial charge in [0.05, 0.1) is 6.10 Å². The van der Waals surface area contributed by atoms with Crippen LogP contribution in [0.4, 0.5) is 4.79 Å². The van der Waals surface area contributed by atoms with E-state index in [0.717, 1.165) is 56.7 Å². The molecule has 140 valence electrons. The van der Waals surface area contributed by atoms with E-state index in [2.05, 4.69) is 27.5 Å². The van der Waals surface area contributed by atoms with Crippen molar-refractivity contribution in [2.45, 2.75) is 25.9 Å². The normalized spacial score (nSPS) is 17.2. The lowest BCUT2D eigenvalue weighted by Crippen LogP contribution is -2.44. The van der Waals surface area contributed by atoms with Crippen LogP contribution in [0.5, 0.6) is 0 Å². The van der Waals surface area contributed by atoms with Crippen molar-refractivity contribution in [1.29, 1.82) is 0 Å². The summed E-state index contributed by atoms with van der Waals surface area (Å²) in [6, 6.07) is 7.46. The topological polar surface area (TPSA) is 67.8 Å². The lowest BCUT2D eigenvalue weighted by atomic mass is 10.0. The molecule has 1 heterocycles. The average molecular weight is 348 g/mol. The summed E-state index contributed by atoms with van der Waals surface area (Å²) in [7, 11) is 2.16. The number of aliphatic hydroxyl groups excluding tert-OH is 1. The number of nitrogens with zero attached hydrogens (tertiary/aromatic N) is 2. The lowest BCUT2D eigenvalue weighted by Gasteiger charge is -2.32. The van der Waals surface area contributed by atoms with Gasteiger partial charge in [0.1, 0.15) is 0 Å². The standard InChI is InChI=1S/C19H32N4O2/c1-16-7-3-4-8-17(16)18(24)15-21-19(25)20-9-5-6-10-23-13-11-22(2)12-14-23/h3-4,7-8,18,24H,5-6,9-15H2,1-2H3,(H2,20,21,25). The number of likely N-dealkylation sites (N-methyl/N-ethyl adjacent to an activating group) is 1. The molecule has 2 amide bonds. The van der Waals surface area contributed by atoms with E-state index >= 15 is 0 Å². The fraction of sp³-hybridized carbons (Fsp3) is 0.632. The summed E-state index contributed by atoms with van der Waals surface area (Å²) in [6.45, 7) is 8.51. The van der Waals surface area contributed by atoms with Crippen molar-refractivity contribution >= 4 is 6.03 Å². The third-order valence-electron chi connectivity index (χ3n) is 4.79. The highest BCUT2D eigenvalue weighted by atomic mass is 16.3. The van der Waals surface area contributed by atoms with Crippen LogP contribution in [0.15, 0.2) is 24.3 Å². The number of piperazine rings is 1. The largest absolute Gasteiger partial charge is 0.387 e. The minimum absolute atomic E-state index is 0.216. The molecule has 6 heteroatoms. The summed E-state index contributed by atoms with van der Waals surface area (Å²) >= 11 is 0. The number of nitrogens with one attached hydrogen (secondary N) is 2. The maximum absolute atomic E-state index is 11.8.